The first-order valence-electron chi connectivity index (χ1n) is 6.28. The Morgan fingerprint density at radius 1 is 1.14 bits per heavy atom. The minimum absolute atomic E-state index is 0.234. The Kier molecular flexibility index (Phi) is 3.13. The van der Waals surface area contributed by atoms with Gasteiger partial charge in [-0.2, -0.15) is 10.4 Å². The molecule has 1 aromatic heterocycles. The molecule has 2 N–H and O–H groups in total. The van der Waals surface area contributed by atoms with Gasteiger partial charge in [-0.1, -0.05) is 12.1 Å². The third kappa shape index (κ3) is 2.47. The monoisotopic (exact) mass is 278 g/mol. The third-order valence-corrected chi connectivity index (χ3v) is 3.13. The summed E-state index contributed by atoms with van der Waals surface area (Å²) in [6.45, 7) is 0. The number of hydrogen-bond donors (Lipinski definition) is 1. The van der Waals surface area contributed by atoms with E-state index in [1.54, 1.807) is 17.1 Å². The molecule has 0 saturated carbocycles. The van der Waals surface area contributed by atoms with Crippen LogP contribution in [-0.2, 0) is 0 Å². The van der Waals surface area contributed by atoms with Gasteiger partial charge < -0.3 is 5.73 Å². The molecule has 1 heterocycles. The van der Waals surface area contributed by atoms with Crippen molar-refractivity contribution in [1.29, 1.82) is 5.26 Å². The zero-order valence-electron chi connectivity index (χ0n) is 11.0. The zero-order chi connectivity index (χ0) is 14.8. The van der Waals surface area contributed by atoms with Crippen LogP contribution in [0.2, 0.25) is 0 Å². The Hall–Kier alpha value is -3.13. The zero-order valence-corrected chi connectivity index (χ0v) is 11.0. The van der Waals surface area contributed by atoms with Crippen LogP contribution in [0.1, 0.15) is 5.56 Å². The molecule has 0 unspecified atom stereocenters. The number of anilines is 1. The number of nitriles is 1. The molecule has 21 heavy (non-hydrogen) atoms. The molecule has 0 aliphatic heterocycles. The molecule has 4 nitrogen and oxygen atoms in total. The van der Waals surface area contributed by atoms with Gasteiger partial charge in [-0.25, -0.2) is 9.07 Å². The molecule has 0 aliphatic rings. The second-order valence-corrected chi connectivity index (χ2v) is 4.57. The Morgan fingerprint density at radius 3 is 2.76 bits per heavy atom. The minimum atomic E-state index is -0.446. The first-order chi connectivity index (χ1) is 10.2. The summed E-state index contributed by atoms with van der Waals surface area (Å²) in [5, 5.41) is 13.3. The molecular formula is C16H11FN4. The van der Waals surface area contributed by atoms with Gasteiger partial charge in [-0.3, -0.25) is 0 Å². The van der Waals surface area contributed by atoms with E-state index in [1.807, 2.05) is 30.3 Å². The highest BCUT2D eigenvalue weighted by Crippen LogP contribution is 2.23. The molecular weight excluding hydrogens is 267 g/mol. The average molecular weight is 278 g/mol. The van der Waals surface area contributed by atoms with E-state index >= 15 is 0 Å². The van der Waals surface area contributed by atoms with Crippen LogP contribution < -0.4 is 5.73 Å². The normalized spacial score (nSPS) is 10.3. The summed E-state index contributed by atoms with van der Waals surface area (Å²) in [7, 11) is 0. The van der Waals surface area contributed by atoms with Crippen molar-refractivity contribution in [2.45, 2.75) is 0 Å². The molecule has 3 aromatic rings. The van der Waals surface area contributed by atoms with Crippen molar-refractivity contribution >= 4 is 5.69 Å². The Bertz CT molecular complexity index is 845. The van der Waals surface area contributed by atoms with E-state index in [1.165, 1.54) is 18.2 Å². The van der Waals surface area contributed by atoms with E-state index in [4.69, 9.17) is 11.0 Å². The van der Waals surface area contributed by atoms with E-state index in [0.29, 0.717) is 11.4 Å². The first kappa shape index (κ1) is 12.9. The molecule has 0 aliphatic carbocycles. The van der Waals surface area contributed by atoms with Crippen LogP contribution >= 0.6 is 0 Å². The summed E-state index contributed by atoms with van der Waals surface area (Å²) < 4.78 is 14.7. The number of halogens is 1. The lowest BCUT2D eigenvalue weighted by Gasteiger charge is -2.03. The predicted octanol–water partition coefficient (Wildman–Crippen LogP) is 3.13. The second-order valence-electron chi connectivity index (χ2n) is 4.57. The van der Waals surface area contributed by atoms with Gasteiger partial charge in [0.15, 0.2) is 0 Å². The van der Waals surface area contributed by atoms with Gasteiger partial charge in [0.2, 0.25) is 0 Å². The molecule has 2 aromatic carbocycles. The molecule has 0 spiro atoms. The lowest BCUT2D eigenvalue weighted by atomic mass is 10.1. The van der Waals surface area contributed by atoms with Crippen molar-refractivity contribution in [3.05, 3.63) is 66.2 Å². The Labute approximate surface area is 120 Å². The number of aromatic nitrogens is 2. The van der Waals surface area contributed by atoms with Crippen LogP contribution in [0.3, 0.4) is 0 Å². The van der Waals surface area contributed by atoms with E-state index in [0.717, 1.165) is 11.1 Å². The summed E-state index contributed by atoms with van der Waals surface area (Å²) in [5.41, 5.74) is 9.00. The van der Waals surface area contributed by atoms with Crippen molar-refractivity contribution in [2.24, 2.45) is 0 Å². The Morgan fingerprint density at radius 2 is 2.00 bits per heavy atom. The van der Waals surface area contributed by atoms with Crippen molar-refractivity contribution in [3.8, 4) is 22.9 Å². The van der Waals surface area contributed by atoms with Crippen molar-refractivity contribution < 1.29 is 4.39 Å². The lowest BCUT2D eigenvalue weighted by molar-refractivity contribution is 0.626. The number of hydrogen-bond acceptors (Lipinski definition) is 3. The fourth-order valence-electron chi connectivity index (χ4n) is 2.12. The molecule has 5 heteroatoms. The van der Waals surface area contributed by atoms with Crippen LogP contribution in [-0.4, -0.2) is 9.78 Å². The van der Waals surface area contributed by atoms with E-state index < -0.39 is 5.82 Å². The smallest absolute Gasteiger partial charge is 0.124 e. The van der Waals surface area contributed by atoms with Gasteiger partial charge in [0.05, 0.1) is 17.4 Å². The average Bonchev–Trinajstić information content (AvgIpc) is 2.96. The minimum Gasteiger partial charge on any atom is -0.399 e. The third-order valence-electron chi connectivity index (χ3n) is 3.13. The van der Waals surface area contributed by atoms with Gasteiger partial charge in [0.25, 0.3) is 0 Å². The van der Waals surface area contributed by atoms with Crippen molar-refractivity contribution in [2.75, 3.05) is 5.73 Å². The molecule has 0 radical (unpaired) electrons. The fourth-order valence-corrected chi connectivity index (χ4v) is 2.12. The lowest BCUT2D eigenvalue weighted by Crippen LogP contribution is -1.98. The van der Waals surface area contributed by atoms with E-state index in [2.05, 4.69) is 5.10 Å². The van der Waals surface area contributed by atoms with Crippen molar-refractivity contribution in [1.82, 2.24) is 9.78 Å². The van der Waals surface area contributed by atoms with Gasteiger partial charge in [-0.15, -0.1) is 0 Å². The number of nitrogens with zero attached hydrogens (tertiary/aromatic N) is 3. The summed E-state index contributed by atoms with van der Waals surface area (Å²) in [4.78, 5) is 0. The van der Waals surface area contributed by atoms with E-state index in [-0.39, 0.29) is 5.56 Å². The van der Waals surface area contributed by atoms with Crippen LogP contribution in [0.4, 0.5) is 10.1 Å². The van der Waals surface area contributed by atoms with Crippen LogP contribution in [0, 0.1) is 17.1 Å². The molecule has 3 rings (SSSR count). The van der Waals surface area contributed by atoms with E-state index in [9.17, 15) is 4.39 Å². The molecule has 0 saturated heterocycles. The first-order valence-corrected chi connectivity index (χ1v) is 6.28. The number of nitrogen functional groups attached to an aromatic ring is 1. The standard InChI is InChI=1S/C16H11FN4/c17-14-4-5-16(12(6-14)8-18)21-10-13(9-20-21)11-2-1-3-15(19)7-11/h1-7,9-10H,19H2. The predicted molar refractivity (Wildman–Crippen MR) is 78.1 cm³/mol. The quantitative estimate of drug-likeness (QED) is 0.732. The van der Waals surface area contributed by atoms with Crippen LogP contribution in [0.5, 0.6) is 0 Å². The molecule has 0 bridgehead atoms. The second kappa shape index (κ2) is 5.10. The van der Waals surface area contributed by atoms with Crippen LogP contribution in [0.25, 0.3) is 16.8 Å². The number of nitrogens with two attached hydrogens (primary N) is 1. The van der Waals surface area contributed by atoms with Gasteiger partial charge in [0.1, 0.15) is 11.9 Å². The highest BCUT2D eigenvalue weighted by molar-refractivity contribution is 5.66. The summed E-state index contributed by atoms with van der Waals surface area (Å²) in [5.74, 6) is -0.446. The Balaban J connectivity index is 2.05. The molecule has 102 valence electrons. The molecule has 0 fully saturated rings. The van der Waals surface area contributed by atoms with Gasteiger partial charge >= 0.3 is 0 Å². The van der Waals surface area contributed by atoms with Gasteiger partial charge in [0, 0.05) is 17.4 Å². The maximum absolute atomic E-state index is 13.2. The maximum atomic E-state index is 13.2. The summed E-state index contributed by atoms with van der Waals surface area (Å²) >= 11 is 0. The van der Waals surface area contributed by atoms with Crippen molar-refractivity contribution in [3.63, 3.8) is 0 Å². The molecule has 0 amide bonds. The van der Waals surface area contributed by atoms with Gasteiger partial charge in [-0.05, 0) is 35.9 Å². The topological polar surface area (TPSA) is 67.6 Å². The fraction of sp³-hybridized carbons (Fsp3) is 0. The maximum Gasteiger partial charge on any atom is 0.124 e. The SMILES string of the molecule is N#Cc1cc(F)ccc1-n1cc(-c2cccc(N)c2)cn1. The number of rotatable bonds is 2. The number of benzene rings is 2. The highest BCUT2D eigenvalue weighted by atomic mass is 19.1. The summed E-state index contributed by atoms with van der Waals surface area (Å²) in [6.07, 6.45) is 3.46. The summed E-state index contributed by atoms with van der Waals surface area (Å²) in [6, 6.07) is 13.4. The highest BCUT2D eigenvalue weighted by Gasteiger charge is 2.08. The molecule has 0 atom stereocenters. The van der Waals surface area contributed by atoms with Crippen LogP contribution in [0.15, 0.2) is 54.9 Å². The largest absolute Gasteiger partial charge is 0.399 e.